The highest BCUT2D eigenvalue weighted by Gasteiger charge is 2.32. The number of aliphatic hydroxyl groups excluding tert-OH is 1. The molecule has 0 aromatic rings. The normalized spacial score (nSPS) is 14.3. The Morgan fingerprint density at radius 1 is 0.677 bits per heavy atom. The van der Waals surface area contributed by atoms with Crippen molar-refractivity contribution in [2.75, 3.05) is 6.61 Å². The smallest absolute Gasteiger partial charge is 0.326 e. The number of nitrogens with one attached hydrogen (secondary N) is 3. The summed E-state index contributed by atoms with van der Waals surface area (Å²) < 4.78 is 0. The maximum atomic E-state index is 12.4. The minimum atomic E-state index is -1.78. The number of carbonyl (C=O) groups excluding carboxylic acids is 5. The van der Waals surface area contributed by atoms with Crippen LogP contribution in [-0.2, 0) is 33.6 Å². The Kier molecular flexibility index (Phi) is 11.2. The first kappa shape index (κ1) is 27.2. The molecule has 0 rings (SSSR count). The van der Waals surface area contributed by atoms with Gasteiger partial charge in [-0.05, 0) is 0 Å². The average molecular weight is 448 g/mol. The maximum Gasteiger partial charge on any atom is 0.326 e. The van der Waals surface area contributed by atoms with Crippen LogP contribution in [0.5, 0.6) is 0 Å². The number of aliphatic hydroxyl groups is 1. The summed E-state index contributed by atoms with van der Waals surface area (Å²) in [7, 11) is 0. The summed E-state index contributed by atoms with van der Waals surface area (Å²) in [4.78, 5) is 80.8. The van der Waals surface area contributed by atoms with Crippen molar-refractivity contribution in [3.8, 4) is 0 Å². The van der Waals surface area contributed by atoms with Gasteiger partial charge in [0, 0.05) is 0 Å². The molecule has 0 heterocycles. The molecule has 12 N–H and O–H groups in total. The lowest BCUT2D eigenvalue weighted by molar-refractivity contribution is -0.144. The van der Waals surface area contributed by atoms with Gasteiger partial charge in [-0.1, -0.05) is 0 Å². The fourth-order valence-electron chi connectivity index (χ4n) is 2.10. The number of hydrogen-bond donors (Lipinski definition) is 9. The van der Waals surface area contributed by atoms with Gasteiger partial charge in [0.25, 0.3) is 0 Å². The van der Waals surface area contributed by atoms with E-state index in [1.807, 2.05) is 16.0 Å². The number of rotatable bonds is 14. The van der Waals surface area contributed by atoms with E-state index in [4.69, 9.17) is 32.5 Å². The Labute approximate surface area is 174 Å². The first-order valence-corrected chi connectivity index (χ1v) is 8.57. The zero-order chi connectivity index (χ0) is 24.3. The number of nitrogens with two attached hydrogens (primary N) is 3. The van der Waals surface area contributed by atoms with Crippen molar-refractivity contribution in [1.29, 1.82) is 0 Å². The highest BCUT2D eigenvalue weighted by Crippen LogP contribution is 2.01. The Morgan fingerprint density at radius 2 is 1.06 bits per heavy atom. The fraction of sp³-hybridized carbons (Fsp3) is 0.533. The van der Waals surface area contributed by atoms with E-state index in [-0.39, 0.29) is 0 Å². The molecule has 16 heteroatoms. The van der Waals surface area contributed by atoms with Crippen LogP contribution in [0.2, 0.25) is 0 Å². The van der Waals surface area contributed by atoms with Gasteiger partial charge in [0.2, 0.25) is 29.5 Å². The molecule has 0 bridgehead atoms. The quantitative estimate of drug-likeness (QED) is 0.120. The van der Waals surface area contributed by atoms with Gasteiger partial charge in [-0.3, -0.25) is 28.8 Å². The van der Waals surface area contributed by atoms with Crippen LogP contribution < -0.4 is 33.2 Å². The average Bonchev–Trinajstić information content (AvgIpc) is 2.64. The Morgan fingerprint density at radius 3 is 1.45 bits per heavy atom. The largest absolute Gasteiger partial charge is 0.481 e. The van der Waals surface area contributed by atoms with Crippen LogP contribution in [-0.4, -0.2) is 87.6 Å². The van der Waals surface area contributed by atoms with Crippen LogP contribution in [0.25, 0.3) is 0 Å². The van der Waals surface area contributed by atoms with Gasteiger partial charge in [0.15, 0.2) is 0 Å². The van der Waals surface area contributed by atoms with Crippen LogP contribution in [0, 0.1) is 0 Å². The van der Waals surface area contributed by atoms with E-state index in [9.17, 15) is 33.6 Å². The fourth-order valence-corrected chi connectivity index (χ4v) is 2.10. The number of carboxylic acids is 2. The van der Waals surface area contributed by atoms with Crippen LogP contribution in [0.1, 0.15) is 19.3 Å². The first-order chi connectivity index (χ1) is 14.3. The molecule has 0 aliphatic carbocycles. The number of hydrogen-bond acceptors (Lipinski definition) is 9. The van der Waals surface area contributed by atoms with Crippen LogP contribution in [0.4, 0.5) is 0 Å². The standard InChI is InChI=1S/C15H24N6O10/c16-5(4-22)12(27)19-7(3-11(25)26)14(29)20-6(1-9(17)23)13(28)21-8(15(30)31)2-10(18)24/h5-8,22H,1-4,16H2,(H2,17,23)(H2,18,24)(H,19,27)(H,20,29)(H,21,28)(H,25,26)(H,30,31). The molecule has 5 amide bonds. The summed E-state index contributed by atoms with van der Waals surface area (Å²) >= 11 is 0. The summed E-state index contributed by atoms with van der Waals surface area (Å²) in [5.74, 6) is -8.88. The Balaban J connectivity index is 5.53. The zero-order valence-corrected chi connectivity index (χ0v) is 16.1. The number of primary amides is 2. The summed E-state index contributed by atoms with van der Waals surface area (Å²) in [6, 6.07) is -6.81. The second-order valence-corrected chi connectivity index (χ2v) is 6.25. The summed E-state index contributed by atoms with van der Waals surface area (Å²) in [6.45, 7) is -0.809. The molecule has 0 aliphatic rings. The van der Waals surface area contributed by atoms with Gasteiger partial charge >= 0.3 is 11.9 Å². The number of amides is 5. The van der Waals surface area contributed by atoms with E-state index >= 15 is 0 Å². The van der Waals surface area contributed by atoms with Crippen molar-refractivity contribution in [2.24, 2.45) is 17.2 Å². The van der Waals surface area contributed by atoms with Gasteiger partial charge in [-0.25, -0.2) is 4.79 Å². The molecule has 0 aromatic carbocycles. The first-order valence-electron chi connectivity index (χ1n) is 8.57. The number of aliphatic carboxylic acids is 2. The van der Waals surface area contributed by atoms with E-state index < -0.39 is 91.5 Å². The molecule has 0 aromatic heterocycles. The predicted molar refractivity (Wildman–Crippen MR) is 98.4 cm³/mol. The van der Waals surface area contributed by atoms with E-state index in [1.165, 1.54) is 0 Å². The van der Waals surface area contributed by atoms with Gasteiger partial charge in [-0.2, -0.15) is 0 Å². The molecule has 0 fully saturated rings. The molecule has 0 radical (unpaired) electrons. The lowest BCUT2D eigenvalue weighted by Crippen LogP contribution is -2.58. The van der Waals surface area contributed by atoms with E-state index in [2.05, 4.69) is 0 Å². The minimum Gasteiger partial charge on any atom is -0.481 e. The Bertz CT molecular complexity index is 742. The predicted octanol–water partition coefficient (Wildman–Crippen LogP) is -5.93. The van der Waals surface area contributed by atoms with Crippen LogP contribution in [0.3, 0.4) is 0 Å². The van der Waals surface area contributed by atoms with E-state index in [0.717, 1.165) is 0 Å². The van der Waals surface area contributed by atoms with Crippen molar-refractivity contribution >= 4 is 41.5 Å². The van der Waals surface area contributed by atoms with Crippen molar-refractivity contribution in [1.82, 2.24) is 16.0 Å². The maximum absolute atomic E-state index is 12.4. The van der Waals surface area contributed by atoms with Crippen molar-refractivity contribution in [3.05, 3.63) is 0 Å². The molecule has 0 spiro atoms. The molecular formula is C15H24N6O10. The zero-order valence-electron chi connectivity index (χ0n) is 16.1. The second-order valence-electron chi connectivity index (χ2n) is 6.25. The molecule has 0 saturated carbocycles. The third-order valence-electron chi connectivity index (χ3n) is 3.60. The lowest BCUT2D eigenvalue weighted by Gasteiger charge is -2.23. The molecule has 0 saturated heterocycles. The van der Waals surface area contributed by atoms with Gasteiger partial charge < -0.3 is 48.5 Å². The van der Waals surface area contributed by atoms with Gasteiger partial charge in [-0.15, -0.1) is 0 Å². The molecule has 4 atom stereocenters. The molecule has 174 valence electrons. The number of carbonyl (C=O) groups is 7. The van der Waals surface area contributed by atoms with Crippen molar-refractivity contribution in [2.45, 2.75) is 43.4 Å². The highest BCUT2D eigenvalue weighted by molar-refractivity contribution is 5.97. The van der Waals surface area contributed by atoms with Crippen molar-refractivity contribution < 1.29 is 48.9 Å². The summed E-state index contributed by atoms with van der Waals surface area (Å²) in [5.41, 5.74) is 15.2. The molecule has 4 unspecified atom stereocenters. The van der Waals surface area contributed by atoms with E-state index in [1.54, 1.807) is 0 Å². The molecule has 31 heavy (non-hydrogen) atoms. The van der Waals surface area contributed by atoms with Gasteiger partial charge in [0.05, 0.1) is 25.9 Å². The molecule has 16 nitrogen and oxygen atoms in total. The monoisotopic (exact) mass is 448 g/mol. The van der Waals surface area contributed by atoms with Crippen LogP contribution >= 0.6 is 0 Å². The SMILES string of the molecule is NC(=O)CC(NC(=O)C(CC(N)=O)NC(=O)C(CC(=O)O)NC(=O)C(N)CO)C(=O)O. The summed E-state index contributed by atoms with van der Waals surface area (Å²) in [6.07, 6.45) is -2.58. The van der Waals surface area contributed by atoms with Gasteiger partial charge in [0.1, 0.15) is 24.2 Å². The Hall–Kier alpha value is -3.79. The summed E-state index contributed by atoms with van der Waals surface area (Å²) in [5, 5.41) is 32.6. The van der Waals surface area contributed by atoms with E-state index in [0.29, 0.717) is 0 Å². The second kappa shape index (κ2) is 12.7. The topological polar surface area (TPSA) is 294 Å². The minimum absolute atomic E-state index is 0.797. The number of carboxylic acid groups (broad SMARTS) is 2. The highest BCUT2D eigenvalue weighted by atomic mass is 16.4. The molecule has 0 aliphatic heterocycles. The lowest BCUT2D eigenvalue weighted by atomic mass is 10.1. The third-order valence-corrected chi connectivity index (χ3v) is 3.60. The molecular weight excluding hydrogens is 424 g/mol. The van der Waals surface area contributed by atoms with Crippen LogP contribution in [0.15, 0.2) is 0 Å². The third kappa shape index (κ3) is 10.5. The van der Waals surface area contributed by atoms with Crippen molar-refractivity contribution in [3.63, 3.8) is 0 Å².